The van der Waals surface area contributed by atoms with Crippen LogP contribution in [0.25, 0.3) is 0 Å². The van der Waals surface area contributed by atoms with Gasteiger partial charge in [-0.25, -0.2) is 9.97 Å². The number of likely N-dealkylation sites (tertiary alicyclic amines) is 1. The Hall–Kier alpha value is -3.93. The van der Waals surface area contributed by atoms with Crippen LogP contribution in [-0.4, -0.2) is 59.1 Å². The number of pyridine rings is 1. The first-order valence-electron chi connectivity index (χ1n) is 11.6. The molecule has 0 radical (unpaired) electrons. The van der Waals surface area contributed by atoms with E-state index in [4.69, 9.17) is 9.47 Å². The Morgan fingerprint density at radius 1 is 1.19 bits per heavy atom. The molecule has 4 rings (SSSR count). The zero-order valence-corrected chi connectivity index (χ0v) is 20.4. The maximum Gasteiger partial charge on any atom is 0.416 e. The third-order valence-electron chi connectivity index (χ3n) is 5.97. The van der Waals surface area contributed by atoms with Crippen molar-refractivity contribution in [2.24, 2.45) is 0 Å². The molecule has 1 atom stereocenters. The number of aromatic nitrogens is 3. The minimum absolute atomic E-state index is 0.0349. The number of ether oxygens (including phenoxy) is 2. The van der Waals surface area contributed by atoms with Gasteiger partial charge in [0, 0.05) is 30.2 Å². The van der Waals surface area contributed by atoms with Gasteiger partial charge in [0.2, 0.25) is 0 Å². The predicted molar refractivity (Wildman–Crippen MR) is 131 cm³/mol. The summed E-state index contributed by atoms with van der Waals surface area (Å²) in [5, 5.41) is 5.57. The Morgan fingerprint density at radius 3 is 2.76 bits per heavy atom. The highest BCUT2D eigenvalue weighted by atomic mass is 19.4. The monoisotopic (exact) mass is 516 g/mol. The number of amides is 1. The van der Waals surface area contributed by atoms with E-state index in [0.717, 1.165) is 31.5 Å². The smallest absolute Gasteiger partial charge is 0.416 e. The molecular formula is C25H27F3N6O3. The standard InChI is InChI=1S/C25H27F3N6O3/c1-34-10-4-5-19(34)15-37-20-12-16(25(26,27)28)11-18(13-20)32-23(35)21-6-3-8-29-22(21)31-14-17-7-9-30-24(33-17)36-2/h3,6-9,11-13,19H,4-5,10,14-15H2,1-2H3,(H,29,31)(H,32,35). The normalized spacial score (nSPS) is 15.9. The number of nitrogens with one attached hydrogen (secondary N) is 2. The summed E-state index contributed by atoms with van der Waals surface area (Å²) in [5.41, 5.74) is -0.209. The fourth-order valence-corrected chi connectivity index (χ4v) is 3.98. The van der Waals surface area contributed by atoms with Crippen molar-refractivity contribution in [1.82, 2.24) is 19.9 Å². The van der Waals surface area contributed by atoms with Crippen LogP contribution in [0.2, 0.25) is 0 Å². The van der Waals surface area contributed by atoms with Crippen LogP contribution in [0.5, 0.6) is 11.8 Å². The predicted octanol–water partition coefficient (Wildman–Crippen LogP) is 4.24. The first-order valence-corrected chi connectivity index (χ1v) is 11.6. The van der Waals surface area contributed by atoms with E-state index in [1.54, 1.807) is 12.1 Å². The molecule has 1 aromatic carbocycles. The van der Waals surface area contributed by atoms with Crippen LogP contribution in [0.4, 0.5) is 24.7 Å². The molecule has 1 aliphatic heterocycles. The summed E-state index contributed by atoms with van der Waals surface area (Å²) in [6, 6.07) is 8.29. The number of carbonyl (C=O) groups excluding carboxylic acids is 1. The minimum Gasteiger partial charge on any atom is -0.492 e. The molecule has 1 aliphatic rings. The van der Waals surface area contributed by atoms with Gasteiger partial charge in [0.25, 0.3) is 5.91 Å². The van der Waals surface area contributed by atoms with Crippen LogP contribution < -0.4 is 20.1 Å². The van der Waals surface area contributed by atoms with Gasteiger partial charge in [-0.1, -0.05) is 0 Å². The van der Waals surface area contributed by atoms with Crippen LogP contribution in [0.15, 0.2) is 48.8 Å². The first-order chi connectivity index (χ1) is 17.7. The maximum absolute atomic E-state index is 13.6. The molecule has 0 spiro atoms. The number of benzene rings is 1. The molecule has 9 nitrogen and oxygen atoms in total. The van der Waals surface area contributed by atoms with Crippen molar-refractivity contribution < 1.29 is 27.4 Å². The van der Waals surface area contributed by atoms with Gasteiger partial charge >= 0.3 is 12.2 Å². The van der Waals surface area contributed by atoms with Crippen molar-refractivity contribution in [3.05, 3.63) is 65.6 Å². The topological polar surface area (TPSA) is 102 Å². The van der Waals surface area contributed by atoms with Crippen LogP contribution in [-0.2, 0) is 12.7 Å². The third-order valence-corrected chi connectivity index (χ3v) is 5.97. The summed E-state index contributed by atoms with van der Waals surface area (Å²) in [6.45, 7) is 1.40. The zero-order valence-electron chi connectivity index (χ0n) is 20.4. The van der Waals surface area contributed by atoms with E-state index < -0.39 is 17.6 Å². The summed E-state index contributed by atoms with van der Waals surface area (Å²) in [5.74, 6) is -0.352. The van der Waals surface area contributed by atoms with E-state index in [9.17, 15) is 18.0 Å². The Balaban J connectivity index is 1.50. The second-order valence-corrected chi connectivity index (χ2v) is 8.57. The summed E-state index contributed by atoms with van der Waals surface area (Å²) < 4.78 is 51.4. The van der Waals surface area contributed by atoms with Gasteiger partial charge in [-0.2, -0.15) is 18.2 Å². The first kappa shape index (κ1) is 26.1. The average molecular weight is 517 g/mol. The van der Waals surface area contributed by atoms with Crippen molar-refractivity contribution in [1.29, 1.82) is 0 Å². The molecule has 2 aromatic heterocycles. The van der Waals surface area contributed by atoms with E-state index in [1.807, 2.05) is 7.05 Å². The lowest BCUT2D eigenvalue weighted by atomic mass is 10.1. The van der Waals surface area contributed by atoms with Gasteiger partial charge in [0.1, 0.15) is 18.2 Å². The number of rotatable bonds is 9. The molecule has 0 saturated carbocycles. The van der Waals surface area contributed by atoms with E-state index in [-0.39, 0.29) is 48.0 Å². The Kier molecular flexibility index (Phi) is 8.07. The quantitative estimate of drug-likeness (QED) is 0.436. The molecule has 37 heavy (non-hydrogen) atoms. The second kappa shape index (κ2) is 11.4. The molecule has 12 heteroatoms. The fraction of sp³-hybridized carbons (Fsp3) is 0.360. The number of halogens is 3. The largest absolute Gasteiger partial charge is 0.492 e. The lowest BCUT2D eigenvalue weighted by Crippen LogP contribution is -2.30. The number of anilines is 2. The molecule has 0 bridgehead atoms. The molecule has 0 aliphatic carbocycles. The van der Waals surface area contributed by atoms with Gasteiger partial charge in [-0.3, -0.25) is 4.79 Å². The van der Waals surface area contributed by atoms with Crippen LogP contribution >= 0.6 is 0 Å². The van der Waals surface area contributed by atoms with Crippen molar-refractivity contribution in [2.75, 3.05) is 37.9 Å². The lowest BCUT2D eigenvalue weighted by molar-refractivity contribution is -0.137. The molecule has 2 N–H and O–H groups in total. The van der Waals surface area contributed by atoms with E-state index >= 15 is 0 Å². The zero-order chi connectivity index (χ0) is 26.4. The van der Waals surface area contributed by atoms with Crippen molar-refractivity contribution in [3.8, 4) is 11.8 Å². The molecule has 1 fully saturated rings. The lowest BCUT2D eigenvalue weighted by Gasteiger charge is -2.20. The molecule has 3 aromatic rings. The van der Waals surface area contributed by atoms with E-state index in [2.05, 4.69) is 30.5 Å². The fourth-order valence-electron chi connectivity index (χ4n) is 3.98. The average Bonchev–Trinajstić information content (AvgIpc) is 3.30. The van der Waals surface area contributed by atoms with Crippen molar-refractivity contribution >= 4 is 17.4 Å². The van der Waals surface area contributed by atoms with Gasteiger partial charge < -0.3 is 25.0 Å². The number of hydrogen-bond donors (Lipinski definition) is 2. The number of methoxy groups -OCH3 is 1. The number of alkyl halides is 3. The molecule has 3 heterocycles. The molecular weight excluding hydrogens is 489 g/mol. The van der Waals surface area contributed by atoms with Crippen molar-refractivity contribution in [3.63, 3.8) is 0 Å². The molecule has 1 saturated heterocycles. The second-order valence-electron chi connectivity index (χ2n) is 8.57. The van der Waals surface area contributed by atoms with E-state index in [0.29, 0.717) is 5.69 Å². The van der Waals surface area contributed by atoms with Crippen LogP contribution in [0, 0.1) is 0 Å². The van der Waals surface area contributed by atoms with Gasteiger partial charge in [-0.05, 0) is 56.8 Å². The number of likely N-dealkylation sites (N-methyl/N-ethyl adjacent to an activating group) is 1. The Labute approximate surface area is 212 Å². The Bertz CT molecular complexity index is 1240. The highest BCUT2D eigenvalue weighted by molar-refractivity contribution is 6.07. The molecule has 1 unspecified atom stereocenters. The number of carbonyl (C=O) groups is 1. The Morgan fingerprint density at radius 2 is 2.03 bits per heavy atom. The van der Waals surface area contributed by atoms with Crippen molar-refractivity contribution in [2.45, 2.75) is 31.6 Å². The maximum atomic E-state index is 13.6. The summed E-state index contributed by atoms with van der Waals surface area (Å²) >= 11 is 0. The number of hydrogen-bond acceptors (Lipinski definition) is 8. The third kappa shape index (κ3) is 6.85. The summed E-state index contributed by atoms with van der Waals surface area (Å²) in [6.07, 6.45) is 0.351. The van der Waals surface area contributed by atoms with Gasteiger partial charge in [0.05, 0.1) is 30.5 Å². The highest BCUT2D eigenvalue weighted by Gasteiger charge is 2.32. The van der Waals surface area contributed by atoms with Crippen LogP contribution in [0.3, 0.4) is 0 Å². The van der Waals surface area contributed by atoms with E-state index in [1.165, 1.54) is 31.6 Å². The highest BCUT2D eigenvalue weighted by Crippen LogP contribution is 2.34. The molecule has 196 valence electrons. The number of nitrogens with zero attached hydrogens (tertiary/aromatic N) is 4. The summed E-state index contributed by atoms with van der Waals surface area (Å²) in [7, 11) is 3.41. The van der Waals surface area contributed by atoms with Crippen LogP contribution in [0.1, 0.15) is 34.5 Å². The summed E-state index contributed by atoms with van der Waals surface area (Å²) in [4.78, 5) is 27.5. The SMILES string of the molecule is COc1nccc(CNc2ncccc2C(=O)Nc2cc(OCC3CCCN3C)cc(C(F)(F)F)c2)n1. The van der Waals surface area contributed by atoms with Gasteiger partial charge in [0.15, 0.2) is 0 Å². The molecule has 1 amide bonds. The van der Waals surface area contributed by atoms with Gasteiger partial charge in [-0.15, -0.1) is 0 Å². The minimum atomic E-state index is -4.61.